The molecule has 10 aliphatic carbocycles. The van der Waals surface area contributed by atoms with E-state index in [1.54, 1.807) is 11.3 Å². The Morgan fingerprint density at radius 1 is 0.750 bits per heavy atom. The van der Waals surface area contributed by atoms with Crippen LogP contribution < -0.4 is 4.74 Å². The van der Waals surface area contributed by atoms with Crippen LogP contribution in [0.2, 0.25) is 0 Å². The molecule has 1 aromatic heterocycles. The van der Waals surface area contributed by atoms with E-state index in [1.807, 2.05) is 47.4 Å². The number of aliphatic hydroxyl groups is 2. The van der Waals surface area contributed by atoms with Gasteiger partial charge in [-0.1, -0.05) is 80.6 Å². The number of thiophene rings is 1. The minimum Gasteiger partial charge on any atom is -0.410 e. The lowest BCUT2D eigenvalue weighted by molar-refractivity contribution is -0.176. The zero-order chi connectivity index (χ0) is 40.9. The standard InChI is InChI=1S/C53H59NO5S/c1-48-16-13-39(55)29-51(48)19-20-53(41(30-51)46(56)43-25-38-9-5-6-10-42(38)60-43)44(48)14-17-49(2)45(53)15-18-52(49,58)32-54(31-50-26-33-21-34(27-50)23-35(22-33)28-50)47(57)59-40-12-11-36-7-3-4-8-37(36)24-40/h3-12,19-20,24-25,30,33-35,39,44-45,55,58H,13-18,21-23,26-29,31-32H2,1-2H3/t33?,34?,35?,39?,44-,45-,48-,49+,50?,51+,52-,53-/m1/s1. The summed E-state index contributed by atoms with van der Waals surface area (Å²) in [5.74, 6) is 3.08. The number of allylic oxidation sites excluding steroid dienone is 4. The van der Waals surface area contributed by atoms with E-state index in [0.717, 1.165) is 100 Å². The summed E-state index contributed by atoms with van der Waals surface area (Å²) in [6.07, 6.45) is 19.2. The molecule has 0 aliphatic heterocycles. The van der Waals surface area contributed by atoms with Crippen molar-refractivity contribution in [3.05, 3.63) is 101 Å². The Labute approximate surface area is 358 Å². The zero-order valence-corrected chi connectivity index (χ0v) is 36.0. The highest BCUT2D eigenvalue weighted by molar-refractivity contribution is 7.21. The van der Waals surface area contributed by atoms with Crippen molar-refractivity contribution in [2.75, 3.05) is 13.1 Å². The Hall–Kier alpha value is -3.78. The Kier molecular flexibility index (Phi) is 8.15. The molecule has 2 spiro atoms. The highest BCUT2D eigenvalue weighted by atomic mass is 32.1. The fourth-order valence-electron chi connectivity index (χ4n) is 16.6. The molecule has 8 atom stereocenters. The third kappa shape index (κ3) is 5.24. The molecular weight excluding hydrogens is 763 g/mol. The van der Waals surface area contributed by atoms with Gasteiger partial charge in [0.1, 0.15) is 5.75 Å². The van der Waals surface area contributed by atoms with Crippen LogP contribution in [0.25, 0.3) is 20.9 Å². The molecule has 7 saturated carbocycles. The number of ether oxygens (including phenoxy) is 1. The summed E-state index contributed by atoms with van der Waals surface area (Å²) in [4.78, 5) is 32.9. The minimum atomic E-state index is -1.17. The average molecular weight is 822 g/mol. The molecular formula is C53H59NO5S. The van der Waals surface area contributed by atoms with Crippen molar-refractivity contribution in [3.8, 4) is 5.75 Å². The van der Waals surface area contributed by atoms with Crippen molar-refractivity contribution in [3.63, 3.8) is 0 Å². The second-order valence-corrected chi connectivity index (χ2v) is 23.0. The van der Waals surface area contributed by atoms with Crippen molar-refractivity contribution in [1.29, 1.82) is 0 Å². The molecule has 1 unspecified atom stereocenters. The number of carbonyl (C=O) groups excluding carboxylic acids is 2. The Balaban J connectivity index is 0.925. The van der Waals surface area contributed by atoms with Gasteiger partial charge in [-0.05, 0) is 164 Å². The molecule has 14 rings (SSSR count). The van der Waals surface area contributed by atoms with Crippen molar-refractivity contribution in [2.24, 2.45) is 56.7 Å². The number of hydrogen-bond donors (Lipinski definition) is 2. The number of hydrogen-bond acceptors (Lipinski definition) is 6. The largest absolute Gasteiger partial charge is 0.415 e. The van der Waals surface area contributed by atoms with E-state index in [-0.39, 0.29) is 46.5 Å². The monoisotopic (exact) mass is 821 g/mol. The molecule has 1 amide bonds. The number of nitrogens with zero attached hydrogens (tertiary/aromatic N) is 1. The molecule has 3 aromatic carbocycles. The lowest BCUT2D eigenvalue weighted by Gasteiger charge is -2.71. The fraction of sp³-hybridized carbons (Fsp3) is 0.547. The van der Waals surface area contributed by atoms with Crippen LogP contribution in [0.1, 0.15) is 107 Å². The number of fused-ring (bicyclic) bond motifs is 3. The first kappa shape index (κ1) is 37.9. The topological polar surface area (TPSA) is 87.1 Å². The van der Waals surface area contributed by atoms with E-state index < -0.39 is 22.5 Å². The third-order valence-corrected chi connectivity index (χ3v) is 20.0. The van der Waals surface area contributed by atoms with Crippen molar-refractivity contribution in [2.45, 2.75) is 109 Å². The lowest BCUT2D eigenvalue weighted by Crippen LogP contribution is -2.67. The molecule has 60 heavy (non-hydrogen) atoms. The molecule has 7 fully saturated rings. The minimum absolute atomic E-state index is 0.00876. The molecule has 312 valence electrons. The molecule has 4 aromatic rings. The van der Waals surface area contributed by atoms with Crippen molar-refractivity contribution in [1.82, 2.24) is 4.90 Å². The van der Waals surface area contributed by atoms with Gasteiger partial charge in [0.2, 0.25) is 0 Å². The van der Waals surface area contributed by atoms with Gasteiger partial charge in [0.15, 0.2) is 5.78 Å². The van der Waals surface area contributed by atoms with Crippen LogP contribution in [0, 0.1) is 56.7 Å². The van der Waals surface area contributed by atoms with Crippen LogP contribution in [0.4, 0.5) is 4.79 Å². The number of ketones is 1. The summed E-state index contributed by atoms with van der Waals surface area (Å²) in [5.41, 5.74) is -1.83. The van der Waals surface area contributed by atoms with Crippen LogP contribution in [-0.2, 0) is 0 Å². The number of benzene rings is 3. The third-order valence-electron chi connectivity index (χ3n) is 18.9. The highest BCUT2D eigenvalue weighted by Gasteiger charge is 2.75. The van der Waals surface area contributed by atoms with Gasteiger partial charge in [-0.15, -0.1) is 11.3 Å². The first-order valence-electron chi connectivity index (χ1n) is 23.2. The molecule has 6 nitrogen and oxygen atoms in total. The quantitative estimate of drug-likeness (QED) is 0.143. The van der Waals surface area contributed by atoms with E-state index in [1.165, 1.54) is 19.3 Å². The first-order valence-corrected chi connectivity index (χ1v) is 24.0. The molecule has 0 saturated heterocycles. The maximum atomic E-state index is 15.3. The van der Waals surface area contributed by atoms with Gasteiger partial charge in [0.25, 0.3) is 0 Å². The fourth-order valence-corrected chi connectivity index (χ4v) is 17.6. The Morgan fingerprint density at radius 3 is 2.17 bits per heavy atom. The van der Waals surface area contributed by atoms with E-state index in [4.69, 9.17) is 4.74 Å². The predicted octanol–water partition coefficient (Wildman–Crippen LogP) is 11.5. The van der Waals surface area contributed by atoms with Gasteiger partial charge in [0.05, 0.1) is 23.1 Å². The Morgan fingerprint density at radius 2 is 1.42 bits per heavy atom. The number of carbonyl (C=O) groups is 2. The summed E-state index contributed by atoms with van der Waals surface area (Å²) in [5, 5.41) is 28.0. The summed E-state index contributed by atoms with van der Waals surface area (Å²) in [6.45, 7) is 5.60. The number of rotatable bonds is 7. The van der Waals surface area contributed by atoms with Crippen molar-refractivity contribution < 1.29 is 24.5 Å². The van der Waals surface area contributed by atoms with Crippen LogP contribution in [0.3, 0.4) is 0 Å². The second kappa shape index (κ2) is 12.9. The van der Waals surface area contributed by atoms with Gasteiger partial charge in [-0.25, -0.2) is 4.79 Å². The van der Waals surface area contributed by atoms with Gasteiger partial charge < -0.3 is 19.8 Å². The van der Waals surface area contributed by atoms with Gasteiger partial charge in [-0.2, -0.15) is 0 Å². The summed E-state index contributed by atoms with van der Waals surface area (Å²) < 4.78 is 7.46. The normalized spacial score (nSPS) is 41.8. The molecule has 6 bridgehead atoms. The molecule has 0 radical (unpaired) electrons. The first-order chi connectivity index (χ1) is 28.8. The van der Waals surface area contributed by atoms with E-state index >= 15 is 4.79 Å². The highest BCUT2D eigenvalue weighted by Crippen LogP contribution is 2.78. The van der Waals surface area contributed by atoms with Gasteiger partial charge in [0, 0.05) is 33.1 Å². The molecule has 1 heterocycles. The lowest BCUT2D eigenvalue weighted by atomic mass is 9.32. The number of aliphatic hydroxyl groups excluding tert-OH is 1. The number of Topliss-reactive ketones (excluding diaryl/α,β-unsaturated/α-hetero) is 1. The zero-order valence-electron chi connectivity index (χ0n) is 35.2. The van der Waals surface area contributed by atoms with E-state index in [0.29, 0.717) is 25.1 Å². The molecule has 2 N–H and O–H groups in total. The second-order valence-electron chi connectivity index (χ2n) is 21.9. The summed E-state index contributed by atoms with van der Waals surface area (Å²) in [7, 11) is 0. The number of amides is 1. The summed E-state index contributed by atoms with van der Waals surface area (Å²) in [6, 6.07) is 24.4. The predicted molar refractivity (Wildman–Crippen MR) is 237 cm³/mol. The SMILES string of the molecule is C[C@]12CC[C@H]3[C@]4(C=C[C@@]5(C=C4C(=O)c4cc6ccccc6s4)CC(O)CC[C@]35C)[C@@H]1CC[C@@]2(O)CN(CC12CC3CC(CC(C3)C1)C2)C(=O)Oc1ccc2ccccc2c1. The average Bonchev–Trinajstić information content (AvgIpc) is 3.78. The van der Waals surface area contributed by atoms with Crippen LogP contribution in [0.15, 0.2) is 96.6 Å². The molecule has 10 aliphatic rings. The smallest absolute Gasteiger partial charge is 0.410 e. The van der Waals surface area contributed by atoms with Gasteiger partial charge in [-0.3, -0.25) is 4.79 Å². The van der Waals surface area contributed by atoms with Crippen molar-refractivity contribution >= 4 is 44.1 Å². The van der Waals surface area contributed by atoms with E-state index in [2.05, 4.69) is 62.4 Å². The maximum Gasteiger partial charge on any atom is 0.415 e. The van der Waals surface area contributed by atoms with Crippen LogP contribution in [-0.4, -0.2) is 51.8 Å². The Bertz CT molecular complexity index is 2450. The van der Waals surface area contributed by atoms with Crippen LogP contribution >= 0.6 is 11.3 Å². The van der Waals surface area contributed by atoms with Crippen LogP contribution in [0.5, 0.6) is 5.75 Å². The molecule has 7 heteroatoms. The summed E-state index contributed by atoms with van der Waals surface area (Å²) >= 11 is 1.58. The van der Waals surface area contributed by atoms with E-state index in [9.17, 15) is 15.0 Å². The van der Waals surface area contributed by atoms with Gasteiger partial charge >= 0.3 is 6.09 Å². The maximum absolute atomic E-state index is 15.3.